The van der Waals surface area contributed by atoms with Crippen molar-refractivity contribution in [3.63, 3.8) is 0 Å². The molecular formula is C35H27N3O7. The van der Waals surface area contributed by atoms with Gasteiger partial charge in [-0.25, -0.2) is 9.78 Å². The Morgan fingerprint density at radius 1 is 0.911 bits per heavy atom. The molecule has 0 aliphatic heterocycles. The molecule has 1 amide bonds. The molecule has 1 aliphatic carbocycles. The van der Waals surface area contributed by atoms with Crippen LogP contribution in [0.2, 0.25) is 0 Å². The molecule has 1 aromatic heterocycles. The van der Waals surface area contributed by atoms with E-state index < -0.39 is 23.4 Å². The molecule has 45 heavy (non-hydrogen) atoms. The molecule has 0 saturated carbocycles. The number of rotatable bonds is 9. The fourth-order valence-electron chi connectivity index (χ4n) is 5.29. The summed E-state index contributed by atoms with van der Waals surface area (Å²) in [5.74, 6) is 0.309. The first kappa shape index (κ1) is 29.1. The third-order valence-electron chi connectivity index (χ3n) is 7.33. The van der Waals surface area contributed by atoms with Gasteiger partial charge in [-0.15, -0.1) is 0 Å². The molecular weight excluding hydrogens is 574 g/mol. The van der Waals surface area contributed by atoms with Crippen molar-refractivity contribution in [1.29, 1.82) is 0 Å². The fourth-order valence-corrected chi connectivity index (χ4v) is 5.29. The molecule has 5 aromatic rings. The number of methoxy groups -OCH3 is 1. The molecule has 10 nitrogen and oxygen atoms in total. The first-order valence-electron chi connectivity index (χ1n) is 14.1. The van der Waals surface area contributed by atoms with Crippen molar-refractivity contribution in [2.24, 2.45) is 0 Å². The van der Waals surface area contributed by atoms with Gasteiger partial charge in [0.25, 0.3) is 11.6 Å². The first-order valence-corrected chi connectivity index (χ1v) is 14.1. The van der Waals surface area contributed by atoms with Crippen LogP contribution in [-0.2, 0) is 16.0 Å². The lowest BCUT2D eigenvalue weighted by atomic mass is 10.0. The van der Waals surface area contributed by atoms with E-state index in [1.165, 1.54) is 25.3 Å². The van der Waals surface area contributed by atoms with Gasteiger partial charge < -0.3 is 19.5 Å². The average molecular weight is 602 g/mol. The van der Waals surface area contributed by atoms with E-state index in [-0.39, 0.29) is 17.1 Å². The number of carbonyl (C=O) groups excluding carboxylic acids is 2. The predicted octanol–water partition coefficient (Wildman–Crippen LogP) is 7.23. The van der Waals surface area contributed by atoms with E-state index in [0.717, 1.165) is 22.4 Å². The number of hydrogen-bond donors (Lipinski definition) is 1. The maximum absolute atomic E-state index is 13.5. The smallest absolute Gasteiger partial charge is 0.339 e. The summed E-state index contributed by atoms with van der Waals surface area (Å²) in [7, 11) is 1.38. The summed E-state index contributed by atoms with van der Waals surface area (Å²) < 4.78 is 16.5. The van der Waals surface area contributed by atoms with Gasteiger partial charge in [0, 0.05) is 5.39 Å². The molecule has 4 aromatic carbocycles. The zero-order valence-corrected chi connectivity index (χ0v) is 24.2. The summed E-state index contributed by atoms with van der Waals surface area (Å²) >= 11 is 0. The number of pyridine rings is 1. The number of nitrogens with zero attached hydrogens (tertiary/aromatic N) is 2. The van der Waals surface area contributed by atoms with Crippen molar-refractivity contribution in [3.8, 4) is 17.2 Å². The third-order valence-corrected chi connectivity index (χ3v) is 7.33. The molecule has 0 atom stereocenters. The Bertz CT molecular complexity index is 1970. The van der Waals surface area contributed by atoms with Crippen molar-refractivity contribution >= 4 is 45.8 Å². The van der Waals surface area contributed by atoms with Crippen LogP contribution in [0.5, 0.6) is 17.2 Å². The molecule has 0 unspecified atom stereocenters. The molecule has 0 radical (unpaired) electrons. The number of benzene rings is 4. The van der Waals surface area contributed by atoms with Crippen LogP contribution in [-0.4, -0.2) is 35.5 Å². The number of nitro groups is 1. The molecule has 0 saturated heterocycles. The number of anilines is 1. The number of para-hydroxylation sites is 2. The number of allylic oxidation sites excluding steroid dienone is 1. The maximum Gasteiger partial charge on any atom is 0.339 e. The highest BCUT2D eigenvalue weighted by atomic mass is 16.6. The molecule has 224 valence electrons. The van der Waals surface area contributed by atoms with E-state index in [0.29, 0.717) is 40.8 Å². The van der Waals surface area contributed by atoms with Crippen LogP contribution < -0.4 is 14.8 Å². The highest BCUT2D eigenvalue weighted by molar-refractivity contribution is 6.08. The number of hydrogen-bond acceptors (Lipinski definition) is 8. The minimum absolute atomic E-state index is 0.0369. The predicted molar refractivity (Wildman–Crippen MR) is 169 cm³/mol. The average Bonchev–Trinajstić information content (AvgIpc) is 3.44. The maximum atomic E-state index is 13.5. The molecule has 0 spiro atoms. The van der Waals surface area contributed by atoms with Gasteiger partial charge in [0.15, 0.2) is 6.61 Å². The van der Waals surface area contributed by atoms with Crippen LogP contribution in [0.25, 0.3) is 22.6 Å². The topological polar surface area (TPSA) is 130 Å². The van der Waals surface area contributed by atoms with Crippen molar-refractivity contribution in [3.05, 3.63) is 130 Å². The molecule has 10 heteroatoms. The lowest BCUT2D eigenvalue weighted by molar-refractivity contribution is -0.384. The summed E-state index contributed by atoms with van der Waals surface area (Å²) in [6.45, 7) is -0.635. The summed E-state index contributed by atoms with van der Waals surface area (Å²) in [4.78, 5) is 42.0. The first-order chi connectivity index (χ1) is 21.9. The lowest BCUT2D eigenvalue weighted by Gasteiger charge is -2.13. The van der Waals surface area contributed by atoms with Gasteiger partial charge in [-0.2, -0.15) is 0 Å². The molecule has 1 N–H and O–H groups in total. The van der Waals surface area contributed by atoms with Gasteiger partial charge in [0.05, 0.1) is 34.9 Å². The second kappa shape index (κ2) is 12.7. The number of carbonyl (C=O) groups is 2. The minimum atomic E-state index is -0.718. The zero-order valence-electron chi connectivity index (χ0n) is 24.2. The highest BCUT2D eigenvalue weighted by Gasteiger charge is 2.28. The van der Waals surface area contributed by atoms with Crippen LogP contribution in [0.3, 0.4) is 0 Å². The Balaban J connectivity index is 1.24. The lowest BCUT2D eigenvalue weighted by Crippen LogP contribution is -2.22. The largest absolute Gasteiger partial charge is 0.496 e. The number of amides is 1. The van der Waals surface area contributed by atoms with Crippen LogP contribution in [0.15, 0.2) is 97.1 Å². The zero-order chi connectivity index (χ0) is 31.3. The van der Waals surface area contributed by atoms with Crippen molar-refractivity contribution in [1.82, 2.24) is 4.98 Å². The van der Waals surface area contributed by atoms with Crippen molar-refractivity contribution in [2.45, 2.75) is 12.8 Å². The minimum Gasteiger partial charge on any atom is -0.496 e. The quantitative estimate of drug-likeness (QED) is 0.106. The number of nitro benzene ring substituents is 1. The van der Waals surface area contributed by atoms with E-state index in [9.17, 15) is 19.7 Å². The standard InChI is InChI=1S/C35H27N3O7/c1-43-25-15-17-30(31(20-25)38(41)42)36-32(39)21-44-35(40)33-27-12-5-6-13-29(27)37-34-23(14-16-28(33)34)18-22-8-7-11-26(19-22)45-24-9-3-2-4-10-24/h2-13,15,17-20H,14,16,21H2,1H3,(H,36,39)/b23-18-. The van der Waals surface area contributed by atoms with E-state index >= 15 is 0 Å². The SMILES string of the molecule is COc1ccc(NC(=O)COC(=O)c2c3c(nc4ccccc24)/C(=C\c2cccc(Oc4ccccc4)c2)CC3)c([N+](=O)[O-])c1. The van der Waals surface area contributed by atoms with E-state index in [4.69, 9.17) is 19.2 Å². The second-order valence-electron chi connectivity index (χ2n) is 10.3. The van der Waals surface area contributed by atoms with E-state index in [2.05, 4.69) is 5.32 Å². The van der Waals surface area contributed by atoms with Gasteiger partial charge in [0.1, 0.15) is 22.9 Å². The number of esters is 1. The molecule has 1 heterocycles. The van der Waals surface area contributed by atoms with Crippen LogP contribution >= 0.6 is 0 Å². The number of nitrogens with one attached hydrogen (secondary N) is 1. The summed E-state index contributed by atoms with van der Waals surface area (Å²) in [6, 6.07) is 28.6. The van der Waals surface area contributed by atoms with Crippen LogP contribution in [0, 0.1) is 10.1 Å². The van der Waals surface area contributed by atoms with Crippen molar-refractivity contribution in [2.75, 3.05) is 19.0 Å². The number of fused-ring (bicyclic) bond motifs is 2. The molecule has 0 fully saturated rings. The summed E-state index contributed by atoms with van der Waals surface area (Å²) in [5, 5.41) is 14.6. The van der Waals surface area contributed by atoms with Gasteiger partial charge in [0.2, 0.25) is 0 Å². The van der Waals surface area contributed by atoms with E-state index in [1.54, 1.807) is 6.07 Å². The Morgan fingerprint density at radius 2 is 1.69 bits per heavy atom. The Kier molecular flexibility index (Phi) is 8.19. The monoisotopic (exact) mass is 601 g/mol. The third kappa shape index (κ3) is 6.35. The molecule has 0 bridgehead atoms. The number of aromatic nitrogens is 1. The number of ether oxygens (including phenoxy) is 3. The Hall–Kier alpha value is -6.03. The van der Waals surface area contributed by atoms with Gasteiger partial charge in [-0.05, 0) is 78.1 Å². The van der Waals surface area contributed by atoms with E-state index in [1.807, 2.05) is 78.9 Å². The Labute approximate surface area is 258 Å². The second-order valence-corrected chi connectivity index (χ2v) is 10.3. The molecule has 1 aliphatic rings. The van der Waals surface area contributed by atoms with Gasteiger partial charge in [-0.3, -0.25) is 14.9 Å². The summed E-state index contributed by atoms with van der Waals surface area (Å²) in [6.07, 6.45) is 3.26. The van der Waals surface area contributed by atoms with Crippen molar-refractivity contribution < 1.29 is 28.7 Å². The van der Waals surface area contributed by atoms with Gasteiger partial charge in [-0.1, -0.05) is 48.5 Å². The van der Waals surface area contributed by atoms with Gasteiger partial charge >= 0.3 is 5.97 Å². The normalized spacial score (nSPS) is 12.9. The molecule has 6 rings (SSSR count). The summed E-state index contributed by atoms with van der Waals surface area (Å²) in [5.41, 5.74) is 3.93. The van der Waals surface area contributed by atoms with Crippen LogP contribution in [0.4, 0.5) is 11.4 Å². The Morgan fingerprint density at radius 3 is 2.49 bits per heavy atom. The fraction of sp³-hybridized carbons (Fsp3) is 0.114. The highest BCUT2D eigenvalue weighted by Crippen LogP contribution is 2.38. The van der Waals surface area contributed by atoms with Crippen LogP contribution in [0.1, 0.15) is 33.6 Å².